The van der Waals surface area contributed by atoms with Crippen molar-refractivity contribution in [3.63, 3.8) is 0 Å². The number of carbonyl (C=O) groups is 1. The van der Waals surface area contributed by atoms with Crippen molar-refractivity contribution in [3.8, 4) is 11.1 Å². The summed E-state index contributed by atoms with van der Waals surface area (Å²) in [6.07, 6.45) is -1.65. The summed E-state index contributed by atoms with van der Waals surface area (Å²) in [5.74, 6) is -1.36. The fourth-order valence-corrected chi connectivity index (χ4v) is 2.66. The number of carboxylic acid groups (broad SMARTS) is 1. The summed E-state index contributed by atoms with van der Waals surface area (Å²) in [4.78, 5) is 10.9. The van der Waals surface area contributed by atoms with Crippen molar-refractivity contribution < 1.29 is 15.0 Å². The Morgan fingerprint density at radius 3 is 2.05 bits per heavy atom. The predicted molar refractivity (Wildman–Crippen MR) is 84.5 cm³/mol. The minimum atomic E-state index is -1.65. The second-order valence-electron chi connectivity index (χ2n) is 4.23. The normalized spacial score (nSPS) is 12.2. The molecular weight excluding hydrogens is 358 g/mol. The van der Waals surface area contributed by atoms with Gasteiger partial charge in [0.2, 0.25) is 0 Å². The molecule has 0 aliphatic rings. The van der Waals surface area contributed by atoms with Gasteiger partial charge in [-0.25, -0.2) is 4.79 Å². The van der Waals surface area contributed by atoms with Gasteiger partial charge in [0, 0.05) is 16.1 Å². The van der Waals surface area contributed by atoms with Crippen LogP contribution in [0.4, 0.5) is 0 Å². The molecule has 110 valence electrons. The first-order valence-electron chi connectivity index (χ1n) is 5.66. The van der Waals surface area contributed by atoms with Crippen LogP contribution in [0.15, 0.2) is 30.3 Å². The highest BCUT2D eigenvalue weighted by molar-refractivity contribution is 6.44. The molecular formula is C14H8Cl4O3. The lowest BCUT2D eigenvalue weighted by atomic mass is 10.0. The molecule has 0 aliphatic carbocycles. The summed E-state index contributed by atoms with van der Waals surface area (Å²) < 4.78 is 0. The van der Waals surface area contributed by atoms with Gasteiger partial charge in [-0.15, -0.1) is 0 Å². The topological polar surface area (TPSA) is 57.5 Å². The summed E-state index contributed by atoms with van der Waals surface area (Å²) in [6.45, 7) is 0. The number of aliphatic hydroxyl groups is 1. The Kier molecular flexibility index (Phi) is 5.02. The Labute approximate surface area is 140 Å². The van der Waals surface area contributed by atoms with Crippen LogP contribution in [0.25, 0.3) is 11.1 Å². The van der Waals surface area contributed by atoms with Gasteiger partial charge in [0.05, 0.1) is 15.1 Å². The molecule has 2 N–H and O–H groups in total. The molecule has 1 atom stereocenters. The zero-order valence-corrected chi connectivity index (χ0v) is 13.3. The minimum Gasteiger partial charge on any atom is -0.479 e. The van der Waals surface area contributed by atoms with E-state index >= 15 is 0 Å². The number of hydrogen-bond donors (Lipinski definition) is 2. The fourth-order valence-electron chi connectivity index (χ4n) is 1.79. The average Bonchev–Trinajstić information content (AvgIpc) is 2.43. The Morgan fingerprint density at radius 2 is 1.43 bits per heavy atom. The zero-order chi connectivity index (χ0) is 15.7. The molecule has 3 nitrogen and oxygen atoms in total. The SMILES string of the molecule is O=C(O)C(O)c1ccc(Cl)c(-c2cc(Cl)c(Cl)cc2Cl)c1. The van der Waals surface area contributed by atoms with Crippen molar-refractivity contribution in [1.29, 1.82) is 0 Å². The molecule has 2 aromatic rings. The van der Waals surface area contributed by atoms with Gasteiger partial charge in [-0.1, -0.05) is 52.5 Å². The lowest BCUT2D eigenvalue weighted by Crippen LogP contribution is -2.10. The Hall–Kier alpha value is -0.970. The third-order valence-corrected chi connectivity index (χ3v) is 4.20. The average molecular weight is 366 g/mol. The molecule has 0 amide bonds. The van der Waals surface area contributed by atoms with Crippen molar-refractivity contribution in [2.24, 2.45) is 0 Å². The molecule has 0 spiro atoms. The molecule has 0 fully saturated rings. The number of rotatable bonds is 3. The van der Waals surface area contributed by atoms with Gasteiger partial charge in [0.25, 0.3) is 0 Å². The van der Waals surface area contributed by atoms with E-state index in [0.29, 0.717) is 26.2 Å². The van der Waals surface area contributed by atoms with E-state index in [1.807, 2.05) is 0 Å². The monoisotopic (exact) mass is 364 g/mol. The van der Waals surface area contributed by atoms with Gasteiger partial charge >= 0.3 is 5.97 Å². The first-order valence-corrected chi connectivity index (χ1v) is 7.17. The fraction of sp³-hybridized carbons (Fsp3) is 0.0714. The summed E-state index contributed by atoms with van der Waals surface area (Å²) in [7, 11) is 0. The van der Waals surface area contributed by atoms with E-state index in [1.54, 1.807) is 0 Å². The lowest BCUT2D eigenvalue weighted by Gasteiger charge is -2.12. The van der Waals surface area contributed by atoms with E-state index < -0.39 is 12.1 Å². The number of aliphatic carboxylic acids is 1. The van der Waals surface area contributed by atoms with E-state index in [4.69, 9.17) is 51.5 Å². The first-order chi connectivity index (χ1) is 9.81. The van der Waals surface area contributed by atoms with Crippen molar-refractivity contribution >= 4 is 52.4 Å². The molecule has 0 bridgehead atoms. The van der Waals surface area contributed by atoms with Crippen LogP contribution in [0.3, 0.4) is 0 Å². The maximum Gasteiger partial charge on any atom is 0.337 e. The lowest BCUT2D eigenvalue weighted by molar-refractivity contribution is -0.146. The van der Waals surface area contributed by atoms with Crippen LogP contribution >= 0.6 is 46.4 Å². The molecule has 2 rings (SSSR count). The van der Waals surface area contributed by atoms with E-state index in [2.05, 4.69) is 0 Å². The zero-order valence-electron chi connectivity index (χ0n) is 10.3. The molecule has 0 aromatic heterocycles. The standard InChI is InChI=1S/C14H8Cl4O3/c15-9-2-1-6(13(19)14(20)21)3-7(9)8-4-11(17)12(18)5-10(8)16/h1-5,13,19H,(H,20,21). The van der Waals surface area contributed by atoms with Crippen LogP contribution in [0.1, 0.15) is 11.7 Å². The molecule has 7 heteroatoms. The summed E-state index contributed by atoms with van der Waals surface area (Å²) >= 11 is 24.1. The summed E-state index contributed by atoms with van der Waals surface area (Å²) in [6, 6.07) is 7.36. The number of aliphatic hydroxyl groups excluding tert-OH is 1. The van der Waals surface area contributed by atoms with Gasteiger partial charge in [0.1, 0.15) is 0 Å². The highest BCUT2D eigenvalue weighted by atomic mass is 35.5. The van der Waals surface area contributed by atoms with Crippen molar-refractivity contribution in [2.75, 3.05) is 0 Å². The van der Waals surface area contributed by atoms with Crippen molar-refractivity contribution in [1.82, 2.24) is 0 Å². The molecule has 0 heterocycles. The van der Waals surface area contributed by atoms with Gasteiger partial charge in [-0.3, -0.25) is 0 Å². The quantitative estimate of drug-likeness (QED) is 0.745. The molecule has 0 saturated carbocycles. The summed E-state index contributed by atoms with van der Waals surface area (Å²) in [5, 5.41) is 19.7. The number of halogens is 4. The minimum absolute atomic E-state index is 0.184. The highest BCUT2D eigenvalue weighted by Crippen LogP contribution is 2.39. The van der Waals surface area contributed by atoms with E-state index in [1.165, 1.54) is 30.3 Å². The third-order valence-electron chi connectivity index (χ3n) is 2.84. The largest absolute Gasteiger partial charge is 0.479 e. The van der Waals surface area contributed by atoms with Crippen LogP contribution in [0, 0.1) is 0 Å². The van der Waals surface area contributed by atoms with Gasteiger partial charge in [0.15, 0.2) is 6.10 Å². The molecule has 21 heavy (non-hydrogen) atoms. The van der Waals surface area contributed by atoms with Gasteiger partial charge < -0.3 is 10.2 Å². The number of benzene rings is 2. The van der Waals surface area contributed by atoms with E-state index in [9.17, 15) is 9.90 Å². The molecule has 2 aromatic carbocycles. The molecule has 1 unspecified atom stereocenters. The predicted octanol–water partition coefficient (Wildman–Crippen LogP) is 5.09. The second-order valence-corrected chi connectivity index (χ2v) is 5.86. The maximum atomic E-state index is 10.9. The van der Waals surface area contributed by atoms with Gasteiger partial charge in [-0.2, -0.15) is 0 Å². The van der Waals surface area contributed by atoms with Crippen LogP contribution < -0.4 is 0 Å². The van der Waals surface area contributed by atoms with E-state index in [0.717, 1.165) is 0 Å². The van der Waals surface area contributed by atoms with Crippen molar-refractivity contribution in [3.05, 3.63) is 56.0 Å². The van der Waals surface area contributed by atoms with Crippen molar-refractivity contribution in [2.45, 2.75) is 6.10 Å². The van der Waals surface area contributed by atoms with Crippen LogP contribution in [-0.4, -0.2) is 16.2 Å². The van der Waals surface area contributed by atoms with Crippen LogP contribution in [0.2, 0.25) is 20.1 Å². The second kappa shape index (κ2) is 6.42. The number of carboxylic acids is 1. The first kappa shape index (κ1) is 16.4. The smallest absolute Gasteiger partial charge is 0.337 e. The summed E-state index contributed by atoms with van der Waals surface area (Å²) in [5.41, 5.74) is 1.14. The maximum absolute atomic E-state index is 10.9. The van der Waals surface area contributed by atoms with E-state index in [-0.39, 0.29) is 10.6 Å². The highest BCUT2D eigenvalue weighted by Gasteiger charge is 2.19. The number of hydrogen-bond acceptors (Lipinski definition) is 2. The Bertz CT molecular complexity index is 716. The van der Waals surface area contributed by atoms with Crippen LogP contribution in [-0.2, 0) is 4.79 Å². The van der Waals surface area contributed by atoms with Gasteiger partial charge in [-0.05, 0) is 29.8 Å². The molecule has 0 aliphatic heterocycles. The Morgan fingerprint density at radius 1 is 0.857 bits per heavy atom. The Balaban J connectivity index is 2.61. The third kappa shape index (κ3) is 3.44. The molecule has 0 saturated heterocycles. The molecule has 0 radical (unpaired) electrons. The van der Waals surface area contributed by atoms with Crippen LogP contribution in [0.5, 0.6) is 0 Å².